The van der Waals surface area contributed by atoms with E-state index in [4.69, 9.17) is 9.26 Å². The van der Waals surface area contributed by atoms with Gasteiger partial charge in [0.25, 0.3) is 5.89 Å². The predicted octanol–water partition coefficient (Wildman–Crippen LogP) is 2.16. The van der Waals surface area contributed by atoms with E-state index in [0.717, 1.165) is 56.0 Å². The van der Waals surface area contributed by atoms with Crippen molar-refractivity contribution in [1.82, 2.24) is 30.5 Å². The van der Waals surface area contributed by atoms with Crippen molar-refractivity contribution in [2.75, 3.05) is 19.7 Å². The highest BCUT2D eigenvalue weighted by molar-refractivity contribution is 5.61. The first-order valence-electron chi connectivity index (χ1n) is 9.02. The van der Waals surface area contributed by atoms with Crippen LogP contribution in [0.25, 0.3) is 23.0 Å². The fourth-order valence-electron chi connectivity index (χ4n) is 3.70. The maximum absolute atomic E-state index is 5.55. The second-order valence-electron chi connectivity index (χ2n) is 6.79. The molecule has 26 heavy (non-hydrogen) atoms. The summed E-state index contributed by atoms with van der Waals surface area (Å²) in [7, 11) is 0. The van der Waals surface area contributed by atoms with E-state index in [1.807, 2.05) is 23.7 Å². The molecule has 0 amide bonds. The molecule has 5 rings (SSSR count). The van der Waals surface area contributed by atoms with Gasteiger partial charge in [-0.3, -0.25) is 0 Å². The molecule has 8 nitrogen and oxygen atoms in total. The van der Waals surface area contributed by atoms with E-state index in [2.05, 4.69) is 31.8 Å². The summed E-state index contributed by atoms with van der Waals surface area (Å²) >= 11 is 0. The zero-order chi connectivity index (χ0) is 17.5. The minimum absolute atomic E-state index is 0.372. The Bertz CT molecular complexity index is 941. The van der Waals surface area contributed by atoms with Crippen LogP contribution in [0.1, 0.15) is 30.1 Å². The molecule has 2 aliphatic heterocycles. The molecular weight excluding hydrogens is 332 g/mol. The second-order valence-corrected chi connectivity index (χ2v) is 6.79. The molecule has 0 saturated carbocycles. The fourth-order valence-corrected chi connectivity index (χ4v) is 3.70. The number of ether oxygens (including phenoxy) is 1. The standard InChI is InChI=1S/C18H20N6O2/c1-11-16(21-23-24(11)14-4-7-19-8-5-14)18-20-17(22-26-18)13-2-3-15-12(10-13)6-9-25-15/h2-3,10,14,19H,4-9H2,1H3. The molecule has 2 aliphatic rings. The Morgan fingerprint density at radius 1 is 1.23 bits per heavy atom. The second kappa shape index (κ2) is 6.21. The van der Waals surface area contributed by atoms with Crippen LogP contribution in [0.2, 0.25) is 0 Å². The number of nitrogens with one attached hydrogen (secondary N) is 1. The predicted molar refractivity (Wildman–Crippen MR) is 93.8 cm³/mol. The van der Waals surface area contributed by atoms with Crippen LogP contribution in [0.4, 0.5) is 0 Å². The van der Waals surface area contributed by atoms with Crippen molar-refractivity contribution in [3.63, 3.8) is 0 Å². The lowest BCUT2D eigenvalue weighted by molar-refractivity contribution is 0.333. The zero-order valence-electron chi connectivity index (χ0n) is 14.6. The number of aromatic nitrogens is 5. The van der Waals surface area contributed by atoms with Gasteiger partial charge >= 0.3 is 0 Å². The van der Waals surface area contributed by atoms with Gasteiger partial charge in [0, 0.05) is 12.0 Å². The van der Waals surface area contributed by atoms with Crippen molar-refractivity contribution in [1.29, 1.82) is 0 Å². The number of benzene rings is 1. The third-order valence-electron chi connectivity index (χ3n) is 5.16. The van der Waals surface area contributed by atoms with E-state index in [1.165, 1.54) is 5.56 Å². The van der Waals surface area contributed by atoms with Crippen LogP contribution < -0.4 is 10.1 Å². The molecular formula is C18H20N6O2. The minimum Gasteiger partial charge on any atom is -0.493 e. The third-order valence-corrected chi connectivity index (χ3v) is 5.16. The molecule has 3 aromatic rings. The Morgan fingerprint density at radius 3 is 3.00 bits per heavy atom. The number of piperidine rings is 1. The van der Waals surface area contributed by atoms with Crippen LogP contribution >= 0.6 is 0 Å². The lowest BCUT2D eigenvalue weighted by atomic mass is 10.1. The first-order valence-corrected chi connectivity index (χ1v) is 9.02. The van der Waals surface area contributed by atoms with Crippen molar-refractivity contribution < 1.29 is 9.26 Å². The van der Waals surface area contributed by atoms with E-state index in [9.17, 15) is 0 Å². The number of hydrogen-bond acceptors (Lipinski definition) is 7. The van der Waals surface area contributed by atoms with Gasteiger partial charge in [-0.25, -0.2) is 4.68 Å². The first kappa shape index (κ1) is 15.5. The monoisotopic (exact) mass is 352 g/mol. The maximum Gasteiger partial charge on any atom is 0.280 e. The van der Waals surface area contributed by atoms with E-state index in [0.29, 0.717) is 23.5 Å². The maximum atomic E-state index is 5.55. The molecule has 0 aliphatic carbocycles. The third kappa shape index (κ3) is 2.57. The lowest BCUT2D eigenvalue weighted by Crippen LogP contribution is -2.30. The van der Waals surface area contributed by atoms with Crippen molar-refractivity contribution in [3.05, 3.63) is 29.5 Å². The molecule has 2 aromatic heterocycles. The van der Waals surface area contributed by atoms with Crippen molar-refractivity contribution >= 4 is 0 Å². The Labute approximate surface area is 150 Å². The molecule has 0 bridgehead atoms. The van der Waals surface area contributed by atoms with Crippen LogP contribution in [0.3, 0.4) is 0 Å². The Morgan fingerprint density at radius 2 is 2.12 bits per heavy atom. The highest BCUT2D eigenvalue weighted by atomic mass is 16.5. The average Bonchev–Trinajstić information content (AvgIpc) is 3.41. The van der Waals surface area contributed by atoms with Gasteiger partial charge in [-0.1, -0.05) is 10.4 Å². The Kier molecular flexibility index (Phi) is 3.70. The SMILES string of the molecule is Cc1c(-c2nc(-c3ccc4c(c3)CCO4)no2)nnn1C1CCNCC1. The van der Waals surface area contributed by atoms with Gasteiger partial charge in [-0.2, -0.15) is 4.98 Å². The highest BCUT2D eigenvalue weighted by Gasteiger charge is 2.23. The fraction of sp³-hybridized carbons (Fsp3) is 0.444. The molecule has 0 spiro atoms. The smallest absolute Gasteiger partial charge is 0.280 e. The largest absolute Gasteiger partial charge is 0.493 e. The summed E-state index contributed by atoms with van der Waals surface area (Å²) in [6, 6.07) is 6.36. The summed E-state index contributed by atoms with van der Waals surface area (Å²) in [6.07, 6.45) is 3.02. The molecule has 8 heteroatoms. The number of rotatable bonds is 3. The summed E-state index contributed by atoms with van der Waals surface area (Å²) in [5.74, 6) is 1.91. The van der Waals surface area contributed by atoms with Gasteiger partial charge < -0.3 is 14.6 Å². The molecule has 0 atom stereocenters. The van der Waals surface area contributed by atoms with Gasteiger partial charge in [-0.15, -0.1) is 5.10 Å². The van der Waals surface area contributed by atoms with Crippen molar-refractivity contribution in [2.45, 2.75) is 32.2 Å². The summed E-state index contributed by atoms with van der Waals surface area (Å²) in [6.45, 7) is 4.75. The van der Waals surface area contributed by atoms with Gasteiger partial charge in [0.1, 0.15) is 5.75 Å². The Balaban J connectivity index is 1.44. The molecule has 1 N–H and O–H groups in total. The van der Waals surface area contributed by atoms with Crippen LogP contribution in [0.15, 0.2) is 22.7 Å². The number of fused-ring (bicyclic) bond motifs is 1. The van der Waals surface area contributed by atoms with E-state index < -0.39 is 0 Å². The normalized spacial score (nSPS) is 17.3. The van der Waals surface area contributed by atoms with Crippen LogP contribution in [0, 0.1) is 6.92 Å². The molecule has 4 heterocycles. The molecule has 1 fully saturated rings. The number of nitrogens with zero attached hydrogens (tertiary/aromatic N) is 5. The van der Waals surface area contributed by atoms with Gasteiger partial charge in [-0.05, 0) is 56.6 Å². The molecule has 0 unspecified atom stereocenters. The highest BCUT2D eigenvalue weighted by Crippen LogP contribution is 2.31. The summed E-state index contributed by atoms with van der Waals surface area (Å²) in [5, 5.41) is 16.1. The van der Waals surface area contributed by atoms with Gasteiger partial charge in [0.05, 0.1) is 18.3 Å². The van der Waals surface area contributed by atoms with Gasteiger partial charge in [0.2, 0.25) is 5.82 Å². The van der Waals surface area contributed by atoms with Crippen LogP contribution in [0.5, 0.6) is 5.75 Å². The summed E-state index contributed by atoms with van der Waals surface area (Å²) in [4.78, 5) is 4.55. The minimum atomic E-state index is 0.372. The quantitative estimate of drug-likeness (QED) is 0.772. The molecule has 134 valence electrons. The summed E-state index contributed by atoms with van der Waals surface area (Å²) in [5.41, 5.74) is 3.73. The van der Waals surface area contributed by atoms with E-state index in [1.54, 1.807) is 0 Å². The number of hydrogen-bond donors (Lipinski definition) is 1. The van der Waals surface area contributed by atoms with Gasteiger partial charge in [0.15, 0.2) is 5.69 Å². The van der Waals surface area contributed by atoms with Crippen molar-refractivity contribution in [3.8, 4) is 28.7 Å². The first-order chi connectivity index (χ1) is 12.8. The van der Waals surface area contributed by atoms with Crippen molar-refractivity contribution in [2.24, 2.45) is 0 Å². The molecule has 1 saturated heterocycles. The molecule has 0 radical (unpaired) electrons. The van der Waals surface area contributed by atoms with E-state index >= 15 is 0 Å². The van der Waals surface area contributed by atoms with Crippen LogP contribution in [-0.4, -0.2) is 44.8 Å². The summed E-state index contributed by atoms with van der Waals surface area (Å²) < 4.78 is 13.0. The lowest BCUT2D eigenvalue weighted by Gasteiger charge is -2.23. The zero-order valence-corrected chi connectivity index (χ0v) is 14.6. The Hall–Kier alpha value is -2.74. The topological polar surface area (TPSA) is 90.9 Å². The van der Waals surface area contributed by atoms with Crippen LogP contribution in [-0.2, 0) is 6.42 Å². The molecule has 1 aromatic carbocycles. The average molecular weight is 352 g/mol. The van der Waals surface area contributed by atoms with E-state index in [-0.39, 0.29) is 0 Å².